The summed E-state index contributed by atoms with van der Waals surface area (Å²) in [7, 11) is 0. The van der Waals surface area contributed by atoms with E-state index in [4.69, 9.17) is 0 Å². The van der Waals surface area contributed by atoms with Crippen LogP contribution < -0.4 is 5.32 Å². The number of nitrogens with one attached hydrogen (secondary N) is 1. The Kier molecular flexibility index (Phi) is 16.3. The first kappa shape index (κ1) is 14.5. The number of rotatable bonds is 6. The SMILES string of the molecule is CC.CCNCCC(CC)CC. The molecule has 0 aromatic carbocycles. The number of hydrogen-bond donors (Lipinski definition) is 1. The fraction of sp³-hybridized carbons (Fsp3) is 1.00. The zero-order chi connectivity index (χ0) is 9.82. The van der Waals surface area contributed by atoms with Crippen LogP contribution in [0.2, 0.25) is 0 Å². The molecule has 0 bridgehead atoms. The van der Waals surface area contributed by atoms with Crippen molar-refractivity contribution in [2.75, 3.05) is 13.1 Å². The van der Waals surface area contributed by atoms with Gasteiger partial charge in [-0.2, -0.15) is 0 Å². The lowest BCUT2D eigenvalue weighted by Crippen LogP contribution is -2.16. The lowest BCUT2D eigenvalue weighted by atomic mass is 10.00. The van der Waals surface area contributed by atoms with Crippen molar-refractivity contribution in [3.05, 3.63) is 0 Å². The van der Waals surface area contributed by atoms with Gasteiger partial charge in [0.1, 0.15) is 0 Å². The second-order valence-electron chi connectivity index (χ2n) is 2.82. The molecule has 0 heterocycles. The minimum absolute atomic E-state index is 0.944. The highest BCUT2D eigenvalue weighted by atomic mass is 14.8. The van der Waals surface area contributed by atoms with Crippen LogP contribution in [0.15, 0.2) is 0 Å². The summed E-state index contributed by atoms with van der Waals surface area (Å²) in [6, 6.07) is 0. The fourth-order valence-electron chi connectivity index (χ4n) is 1.18. The molecule has 0 aliphatic carbocycles. The van der Waals surface area contributed by atoms with E-state index in [0.29, 0.717) is 0 Å². The van der Waals surface area contributed by atoms with Gasteiger partial charge in [0, 0.05) is 0 Å². The summed E-state index contributed by atoms with van der Waals surface area (Å²) in [6.07, 6.45) is 4.02. The van der Waals surface area contributed by atoms with E-state index in [-0.39, 0.29) is 0 Å². The first-order chi connectivity index (χ1) is 5.85. The molecular weight excluding hydrogens is 146 g/mol. The minimum atomic E-state index is 0.944. The third-order valence-electron chi connectivity index (χ3n) is 2.13. The van der Waals surface area contributed by atoms with Crippen LogP contribution in [-0.2, 0) is 0 Å². The molecule has 0 rings (SSSR count). The van der Waals surface area contributed by atoms with Crippen LogP contribution in [-0.4, -0.2) is 13.1 Å². The molecule has 76 valence electrons. The van der Waals surface area contributed by atoms with Crippen molar-refractivity contribution in [1.29, 1.82) is 0 Å². The van der Waals surface area contributed by atoms with Gasteiger partial charge in [-0.3, -0.25) is 0 Å². The summed E-state index contributed by atoms with van der Waals surface area (Å²) in [5.74, 6) is 0.944. The van der Waals surface area contributed by atoms with Crippen LogP contribution in [0.5, 0.6) is 0 Å². The van der Waals surface area contributed by atoms with Gasteiger partial charge in [0.2, 0.25) is 0 Å². The third-order valence-corrected chi connectivity index (χ3v) is 2.13. The molecule has 0 saturated carbocycles. The minimum Gasteiger partial charge on any atom is -0.317 e. The molecule has 1 heteroatoms. The molecule has 0 unspecified atom stereocenters. The van der Waals surface area contributed by atoms with Gasteiger partial charge in [-0.1, -0.05) is 47.5 Å². The van der Waals surface area contributed by atoms with Crippen molar-refractivity contribution in [2.24, 2.45) is 5.92 Å². The molecule has 1 N–H and O–H groups in total. The summed E-state index contributed by atoms with van der Waals surface area (Å²) in [5.41, 5.74) is 0. The first-order valence-corrected chi connectivity index (χ1v) is 5.55. The Morgan fingerprint density at radius 3 is 1.83 bits per heavy atom. The number of hydrogen-bond acceptors (Lipinski definition) is 1. The molecule has 0 atom stereocenters. The summed E-state index contributed by atoms with van der Waals surface area (Å²) < 4.78 is 0. The van der Waals surface area contributed by atoms with E-state index >= 15 is 0 Å². The van der Waals surface area contributed by atoms with Crippen molar-refractivity contribution >= 4 is 0 Å². The Morgan fingerprint density at radius 1 is 1.00 bits per heavy atom. The van der Waals surface area contributed by atoms with Gasteiger partial charge < -0.3 is 5.32 Å². The molecule has 0 radical (unpaired) electrons. The first-order valence-electron chi connectivity index (χ1n) is 5.55. The van der Waals surface area contributed by atoms with Crippen molar-refractivity contribution < 1.29 is 0 Å². The topological polar surface area (TPSA) is 12.0 Å². The van der Waals surface area contributed by atoms with E-state index in [2.05, 4.69) is 26.1 Å². The van der Waals surface area contributed by atoms with E-state index < -0.39 is 0 Å². The maximum atomic E-state index is 3.35. The van der Waals surface area contributed by atoms with Crippen LogP contribution in [0.25, 0.3) is 0 Å². The highest BCUT2D eigenvalue weighted by Gasteiger charge is 2.00. The molecule has 0 aromatic heterocycles. The van der Waals surface area contributed by atoms with E-state index in [1.807, 2.05) is 13.8 Å². The summed E-state index contributed by atoms with van der Waals surface area (Å²) in [4.78, 5) is 0. The molecule has 0 spiro atoms. The largest absolute Gasteiger partial charge is 0.317 e. The maximum absolute atomic E-state index is 3.35. The molecule has 0 amide bonds. The second-order valence-corrected chi connectivity index (χ2v) is 2.82. The van der Waals surface area contributed by atoms with Crippen LogP contribution in [0.1, 0.15) is 53.9 Å². The monoisotopic (exact) mass is 173 g/mol. The molecule has 12 heavy (non-hydrogen) atoms. The maximum Gasteiger partial charge on any atom is -0.00464 e. The van der Waals surface area contributed by atoms with Crippen LogP contribution in [0.4, 0.5) is 0 Å². The highest BCUT2D eigenvalue weighted by Crippen LogP contribution is 2.10. The fourth-order valence-corrected chi connectivity index (χ4v) is 1.18. The van der Waals surface area contributed by atoms with Crippen LogP contribution in [0.3, 0.4) is 0 Å². The lowest BCUT2D eigenvalue weighted by molar-refractivity contribution is 0.442. The smallest absolute Gasteiger partial charge is 0.00464 e. The van der Waals surface area contributed by atoms with E-state index in [1.54, 1.807) is 0 Å². The van der Waals surface area contributed by atoms with Gasteiger partial charge in [-0.05, 0) is 25.4 Å². The van der Waals surface area contributed by atoms with Gasteiger partial charge in [0.05, 0.1) is 0 Å². The Balaban J connectivity index is 0. The Bertz CT molecular complexity index is 58.0. The van der Waals surface area contributed by atoms with Crippen molar-refractivity contribution in [3.63, 3.8) is 0 Å². The normalized spacial score (nSPS) is 9.50. The summed E-state index contributed by atoms with van der Waals surface area (Å²) >= 11 is 0. The third kappa shape index (κ3) is 9.96. The zero-order valence-corrected chi connectivity index (χ0v) is 9.61. The summed E-state index contributed by atoms with van der Waals surface area (Å²) in [6.45, 7) is 13.0. The van der Waals surface area contributed by atoms with E-state index in [0.717, 1.165) is 12.5 Å². The average molecular weight is 173 g/mol. The summed E-state index contributed by atoms with van der Waals surface area (Å²) in [5, 5.41) is 3.35. The molecule has 0 fully saturated rings. The molecule has 0 aliphatic heterocycles. The highest BCUT2D eigenvalue weighted by molar-refractivity contribution is 4.56. The molecule has 1 nitrogen and oxygen atoms in total. The van der Waals surface area contributed by atoms with E-state index in [1.165, 1.54) is 25.8 Å². The Hall–Kier alpha value is -0.0400. The lowest BCUT2D eigenvalue weighted by Gasteiger charge is -2.11. The predicted octanol–water partition coefficient (Wildman–Crippen LogP) is 3.45. The quantitative estimate of drug-likeness (QED) is 0.607. The van der Waals surface area contributed by atoms with Crippen molar-refractivity contribution in [3.8, 4) is 0 Å². The van der Waals surface area contributed by atoms with Gasteiger partial charge >= 0.3 is 0 Å². The molecular formula is C11H27N. The van der Waals surface area contributed by atoms with E-state index in [9.17, 15) is 0 Å². The van der Waals surface area contributed by atoms with Crippen molar-refractivity contribution in [2.45, 2.75) is 53.9 Å². The van der Waals surface area contributed by atoms with Gasteiger partial charge in [0.25, 0.3) is 0 Å². The zero-order valence-electron chi connectivity index (χ0n) is 9.61. The van der Waals surface area contributed by atoms with Gasteiger partial charge in [0.15, 0.2) is 0 Å². The molecule has 0 aromatic rings. The standard InChI is InChI=1S/C9H21N.C2H6/c1-4-9(5-2)7-8-10-6-3;1-2/h9-10H,4-8H2,1-3H3;1-2H3. The molecule has 0 saturated heterocycles. The van der Waals surface area contributed by atoms with Gasteiger partial charge in [-0.25, -0.2) is 0 Å². The molecule has 0 aliphatic rings. The predicted molar refractivity (Wildman–Crippen MR) is 58.6 cm³/mol. The average Bonchev–Trinajstić information content (AvgIpc) is 2.16. The second kappa shape index (κ2) is 13.5. The Morgan fingerprint density at radius 2 is 1.50 bits per heavy atom. The Labute approximate surface area is 78.9 Å². The van der Waals surface area contributed by atoms with Crippen LogP contribution >= 0.6 is 0 Å². The van der Waals surface area contributed by atoms with Gasteiger partial charge in [-0.15, -0.1) is 0 Å². The van der Waals surface area contributed by atoms with Crippen LogP contribution in [0, 0.1) is 5.92 Å². The van der Waals surface area contributed by atoms with Crippen molar-refractivity contribution in [1.82, 2.24) is 5.32 Å².